The number of nitrogens with one attached hydrogen (secondary N) is 1. The maximum Gasteiger partial charge on any atom is 0.255 e. The van der Waals surface area contributed by atoms with Crippen LogP contribution in [0.3, 0.4) is 0 Å². The molecule has 1 aliphatic heterocycles. The van der Waals surface area contributed by atoms with Crippen LogP contribution in [0, 0.1) is 6.92 Å². The molecule has 1 aliphatic rings. The van der Waals surface area contributed by atoms with Crippen molar-refractivity contribution in [3.63, 3.8) is 0 Å². The van der Waals surface area contributed by atoms with Crippen LogP contribution in [0.5, 0.6) is 5.75 Å². The van der Waals surface area contributed by atoms with E-state index in [2.05, 4.69) is 5.32 Å². The molecule has 0 aromatic heterocycles. The molecule has 1 amide bonds. The summed E-state index contributed by atoms with van der Waals surface area (Å²) >= 11 is 0. The number of amides is 1. The van der Waals surface area contributed by atoms with Gasteiger partial charge >= 0.3 is 0 Å². The van der Waals surface area contributed by atoms with E-state index in [0.717, 1.165) is 24.0 Å². The van der Waals surface area contributed by atoms with Crippen molar-refractivity contribution < 1.29 is 17.9 Å². The summed E-state index contributed by atoms with van der Waals surface area (Å²) in [7, 11) is -2.14. The van der Waals surface area contributed by atoms with Gasteiger partial charge in [-0.05, 0) is 43.5 Å². The van der Waals surface area contributed by atoms with Gasteiger partial charge in [0.25, 0.3) is 5.91 Å². The van der Waals surface area contributed by atoms with Gasteiger partial charge in [-0.3, -0.25) is 4.79 Å². The zero-order valence-electron chi connectivity index (χ0n) is 15.6. The molecule has 0 spiro atoms. The Balaban J connectivity index is 1.83. The van der Waals surface area contributed by atoms with E-state index in [1.165, 1.54) is 29.6 Å². The Bertz CT molecular complexity index is 935. The van der Waals surface area contributed by atoms with E-state index in [0.29, 0.717) is 25.4 Å². The molecule has 0 bridgehead atoms. The van der Waals surface area contributed by atoms with Crippen molar-refractivity contribution in [3.05, 3.63) is 59.2 Å². The van der Waals surface area contributed by atoms with E-state index < -0.39 is 10.0 Å². The summed E-state index contributed by atoms with van der Waals surface area (Å²) < 4.78 is 32.3. The second kappa shape index (κ2) is 8.10. The highest BCUT2D eigenvalue weighted by Crippen LogP contribution is 2.26. The number of rotatable bonds is 6. The van der Waals surface area contributed by atoms with Gasteiger partial charge in [0, 0.05) is 19.6 Å². The SMILES string of the molecule is COc1ccc(S(=O)(=O)N2CCCC2)cc1C(=O)NCc1cccc(C)c1. The Kier molecular flexibility index (Phi) is 5.82. The van der Waals surface area contributed by atoms with Crippen molar-refractivity contribution in [2.75, 3.05) is 20.2 Å². The number of ether oxygens (including phenoxy) is 1. The van der Waals surface area contributed by atoms with Gasteiger partial charge in [0.1, 0.15) is 5.75 Å². The Hall–Kier alpha value is -2.38. The summed E-state index contributed by atoms with van der Waals surface area (Å²) in [5.41, 5.74) is 2.30. The van der Waals surface area contributed by atoms with Crippen LogP contribution in [0.1, 0.15) is 34.3 Å². The van der Waals surface area contributed by atoms with Crippen LogP contribution >= 0.6 is 0 Å². The predicted octanol–water partition coefficient (Wildman–Crippen LogP) is 2.72. The van der Waals surface area contributed by atoms with Crippen LogP contribution in [0.4, 0.5) is 0 Å². The highest BCUT2D eigenvalue weighted by Gasteiger charge is 2.28. The number of methoxy groups -OCH3 is 1. The minimum absolute atomic E-state index is 0.117. The lowest BCUT2D eigenvalue weighted by Crippen LogP contribution is -2.28. The number of aryl methyl sites for hydroxylation is 1. The van der Waals surface area contributed by atoms with Crippen LogP contribution in [-0.2, 0) is 16.6 Å². The number of nitrogens with zero attached hydrogens (tertiary/aromatic N) is 1. The van der Waals surface area contributed by atoms with Crippen LogP contribution in [0.15, 0.2) is 47.4 Å². The maximum atomic E-state index is 12.8. The Morgan fingerprint density at radius 1 is 1.15 bits per heavy atom. The topological polar surface area (TPSA) is 75.7 Å². The molecule has 3 rings (SSSR count). The van der Waals surface area contributed by atoms with E-state index in [1.54, 1.807) is 0 Å². The fourth-order valence-electron chi connectivity index (χ4n) is 3.20. The largest absolute Gasteiger partial charge is 0.496 e. The van der Waals surface area contributed by atoms with Crippen LogP contribution in [0.25, 0.3) is 0 Å². The lowest BCUT2D eigenvalue weighted by Gasteiger charge is -2.17. The third-order valence-electron chi connectivity index (χ3n) is 4.65. The minimum atomic E-state index is -3.59. The third-order valence-corrected chi connectivity index (χ3v) is 6.55. The first-order valence-corrected chi connectivity index (χ1v) is 10.4. The molecule has 2 aromatic carbocycles. The van der Waals surface area contributed by atoms with Gasteiger partial charge in [-0.2, -0.15) is 4.31 Å². The number of benzene rings is 2. The number of hydrogen-bond donors (Lipinski definition) is 1. The Morgan fingerprint density at radius 2 is 1.89 bits per heavy atom. The third kappa shape index (κ3) is 4.31. The van der Waals surface area contributed by atoms with Crippen molar-refractivity contribution in [3.8, 4) is 5.75 Å². The quantitative estimate of drug-likeness (QED) is 0.826. The molecule has 0 radical (unpaired) electrons. The summed E-state index contributed by atoms with van der Waals surface area (Å²) in [6.45, 7) is 3.38. The summed E-state index contributed by atoms with van der Waals surface area (Å²) in [6.07, 6.45) is 1.72. The van der Waals surface area contributed by atoms with Crippen molar-refractivity contribution in [1.29, 1.82) is 0 Å². The lowest BCUT2D eigenvalue weighted by molar-refractivity contribution is 0.0947. The molecule has 2 aromatic rings. The number of hydrogen-bond acceptors (Lipinski definition) is 4. The van der Waals surface area contributed by atoms with E-state index in [4.69, 9.17) is 4.74 Å². The number of carbonyl (C=O) groups is 1. The van der Waals surface area contributed by atoms with Crippen LogP contribution in [-0.4, -0.2) is 38.8 Å². The van der Waals surface area contributed by atoms with Gasteiger partial charge in [-0.1, -0.05) is 29.8 Å². The molecule has 0 saturated carbocycles. The normalized spacial score (nSPS) is 14.9. The second-order valence-electron chi connectivity index (χ2n) is 6.65. The Labute approximate surface area is 160 Å². The monoisotopic (exact) mass is 388 g/mol. The predicted molar refractivity (Wildman–Crippen MR) is 103 cm³/mol. The van der Waals surface area contributed by atoms with Crippen LogP contribution in [0.2, 0.25) is 0 Å². The van der Waals surface area contributed by atoms with Crippen molar-refractivity contribution in [2.45, 2.75) is 31.2 Å². The molecule has 1 heterocycles. The second-order valence-corrected chi connectivity index (χ2v) is 8.58. The zero-order chi connectivity index (χ0) is 19.4. The molecule has 7 heteroatoms. The fourth-order valence-corrected chi connectivity index (χ4v) is 4.75. The number of sulfonamides is 1. The van der Waals surface area contributed by atoms with E-state index in [9.17, 15) is 13.2 Å². The average Bonchev–Trinajstić information content (AvgIpc) is 3.21. The van der Waals surface area contributed by atoms with Crippen LogP contribution < -0.4 is 10.1 Å². The van der Waals surface area contributed by atoms with Gasteiger partial charge in [0.05, 0.1) is 17.6 Å². The van der Waals surface area contributed by atoms with E-state index in [-0.39, 0.29) is 16.4 Å². The maximum absolute atomic E-state index is 12.8. The highest BCUT2D eigenvalue weighted by atomic mass is 32.2. The van der Waals surface area contributed by atoms with E-state index in [1.807, 2.05) is 31.2 Å². The van der Waals surface area contributed by atoms with Gasteiger partial charge in [0.15, 0.2) is 0 Å². The van der Waals surface area contributed by atoms with Crippen molar-refractivity contribution in [1.82, 2.24) is 9.62 Å². The van der Waals surface area contributed by atoms with Gasteiger partial charge in [-0.15, -0.1) is 0 Å². The molecule has 0 aliphatic carbocycles. The highest BCUT2D eigenvalue weighted by molar-refractivity contribution is 7.89. The molecule has 0 atom stereocenters. The van der Waals surface area contributed by atoms with Gasteiger partial charge < -0.3 is 10.1 Å². The lowest BCUT2D eigenvalue weighted by atomic mass is 10.1. The summed E-state index contributed by atoms with van der Waals surface area (Å²) in [5.74, 6) is -0.0241. The molecule has 27 heavy (non-hydrogen) atoms. The zero-order valence-corrected chi connectivity index (χ0v) is 16.4. The molecular weight excluding hydrogens is 364 g/mol. The first kappa shape index (κ1) is 19.4. The molecule has 1 saturated heterocycles. The molecule has 6 nitrogen and oxygen atoms in total. The smallest absolute Gasteiger partial charge is 0.255 e. The number of carbonyl (C=O) groups excluding carboxylic acids is 1. The average molecular weight is 388 g/mol. The fraction of sp³-hybridized carbons (Fsp3) is 0.350. The first-order chi connectivity index (χ1) is 12.9. The van der Waals surface area contributed by atoms with Crippen molar-refractivity contribution in [2.24, 2.45) is 0 Å². The van der Waals surface area contributed by atoms with Crippen molar-refractivity contribution >= 4 is 15.9 Å². The molecular formula is C20H24N2O4S. The van der Waals surface area contributed by atoms with E-state index >= 15 is 0 Å². The summed E-state index contributed by atoms with van der Waals surface area (Å²) in [4.78, 5) is 12.8. The molecule has 1 N–H and O–H groups in total. The molecule has 0 unspecified atom stereocenters. The summed E-state index contributed by atoms with van der Waals surface area (Å²) in [5, 5.41) is 2.84. The molecule has 144 valence electrons. The standard InChI is InChI=1S/C20H24N2O4S/c1-15-6-5-7-16(12-15)14-21-20(23)18-13-17(8-9-19(18)26-2)27(24,25)22-10-3-4-11-22/h5-9,12-13H,3-4,10-11,14H2,1-2H3,(H,21,23). The first-order valence-electron chi connectivity index (χ1n) is 8.94. The van der Waals surface area contributed by atoms with Gasteiger partial charge in [-0.25, -0.2) is 8.42 Å². The Morgan fingerprint density at radius 3 is 2.56 bits per heavy atom. The van der Waals surface area contributed by atoms with Gasteiger partial charge in [0.2, 0.25) is 10.0 Å². The summed E-state index contributed by atoms with van der Waals surface area (Å²) in [6, 6.07) is 12.3. The molecule has 1 fully saturated rings. The minimum Gasteiger partial charge on any atom is -0.496 e.